The maximum atomic E-state index is 8.83. The van der Waals surface area contributed by atoms with Crippen molar-refractivity contribution in [1.29, 1.82) is 0 Å². The van der Waals surface area contributed by atoms with Crippen LogP contribution in [0, 0.1) is 0 Å². The van der Waals surface area contributed by atoms with Gasteiger partial charge in [-0.2, -0.15) is 0 Å². The fourth-order valence-electron chi connectivity index (χ4n) is 2.18. The van der Waals surface area contributed by atoms with Gasteiger partial charge in [-0.3, -0.25) is 0 Å². The smallest absolute Gasteiger partial charge is 1.00 e. The van der Waals surface area contributed by atoms with E-state index in [0.29, 0.717) is 0 Å². The minimum atomic E-state index is -0.458. The van der Waals surface area contributed by atoms with Crippen molar-refractivity contribution in [2.75, 3.05) is 0 Å². The molecule has 3 aromatic carbocycles. The molecule has 0 amide bonds. The molecule has 0 aliphatic rings. The Kier molecular flexibility index (Phi) is 10.4. The number of hydrogen-bond acceptors (Lipinski definition) is 1. The molecule has 3 rings (SSSR count). The third-order valence-electron chi connectivity index (χ3n) is 3.91. The minimum absolute atomic E-state index is 0. The van der Waals surface area contributed by atoms with Crippen LogP contribution in [0.25, 0.3) is 0 Å². The molecule has 0 fully saturated rings. The van der Waals surface area contributed by atoms with Crippen molar-refractivity contribution in [2.45, 2.75) is 32.8 Å². The second-order valence-corrected chi connectivity index (χ2v) is 8.73. The molecule has 3 heteroatoms. The van der Waals surface area contributed by atoms with Gasteiger partial charge >= 0.3 is 29.6 Å². The Morgan fingerprint density at radius 1 is 0.692 bits per heavy atom. The molecule has 0 radical (unpaired) electrons. The first-order chi connectivity index (χ1) is 12.0. The van der Waals surface area contributed by atoms with Gasteiger partial charge < -0.3 is 6.53 Å². The molecule has 0 aliphatic carbocycles. The monoisotopic (exact) mass is 374 g/mol. The van der Waals surface area contributed by atoms with Gasteiger partial charge in [-0.15, -0.1) is 0 Å². The number of hydrogen-bond donors (Lipinski definition) is 1. The third-order valence-corrected chi connectivity index (χ3v) is 6.35. The van der Waals surface area contributed by atoms with Gasteiger partial charge in [-0.05, 0) is 44.1 Å². The maximum absolute atomic E-state index is 8.83. The summed E-state index contributed by atoms with van der Waals surface area (Å²) in [6.45, 7) is 5.56. The van der Waals surface area contributed by atoms with E-state index in [4.69, 9.17) is 5.11 Å². The van der Waals surface area contributed by atoms with Crippen LogP contribution in [-0.4, -0.2) is 10.7 Å². The van der Waals surface area contributed by atoms with E-state index < -0.39 is 13.5 Å². The second kappa shape index (κ2) is 11.7. The third kappa shape index (κ3) is 7.74. The summed E-state index contributed by atoms with van der Waals surface area (Å²) >= 11 is 0. The molecule has 132 valence electrons. The second-order valence-electron chi connectivity index (χ2n) is 6.51. The van der Waals surface area contributed by atoms with E-state index in [0.717, 1.165) is 6.42 Å². The van der Waals surface area contributed by atoms with Gasteiger partial charge in [0.1, 0.15) is 0 Å². The average molecular weight is 374 g/mol. The molecular formula is C23H28NaOP. The van der Waals surface area contributed by atoms with Crippen LogP contribution in [0.4, 0.5) is 0 Å². The van der Waals surface area contributed by atoms with Gasteiger partial charge in [0, 0.05) is 0 Å². The van der Waals surface area contributed by atoms with Crippen molar-refractivity contribution in [3.05, 3.63) is 91.0 Å². The Morgan fingerprint density at radius 3 is 1.12 bits per heavy atom. The first-order valence-corrected chi connectivity index (χ1v) is 10.0. The van der Waals surface area contributed by atoms with E-state index in [2.05, 4.69) is 91.0 Å². The molecule has 0 aromatic heterocycles. The van der Waals surface area contributed by atoms with E-state index >= 15 is 0 Å². The van der Waals surface area contributed by atoms with Crippen LogP contribution in [0.15, 0.2) is 91.0 Å². The average Bonchev–Trinajstić information content (AvgIpc) is 2.65. The minimum Gasteiger partial charge on any atom is -1.00 e. The zero-order chi connectivity index (χ0) is 18.1. The summed E-state index contributed by atoms with van der Waals surface area (Å²) < 4.78 is 0. The topological polar surface area (TPSA) is 20.2 Å². The molecule has 0 saturated carbocycles. The predicted molar refractivity (Wildman–Crippen MR) is 113 cm³/mol. The fourth-order valence-corrected chi connectivity index (χ4v) is 4.48. The standard InChI is InChI=1S/C18H15P.C5H12O.Na.H/c1-4-10-16(11-5-1)19(17-12-6-2-7-13-17)18-14-8-3-9-15-18;1-4-5(2,3)6;;/h1-15H;6H,4H2,1-3H3;;/q;;+1;-1. The summed E-state index contributed by atoms with van der Waals surface area (Å²) in [5, 5.41) is 13.0. The van der Waals surface area contributed by atoms with Gasteiger partial charge in [0.25, 0.3) is 0 Å². The van der Waals surface area contributed by atoms with Crippen molar-refractivity contribution < 1.29 is 36.1 Å². The Labute approximate surface area is 183 Å². The van der Waals surface area contributed by atoms with E-state index in [1.54, 1.807) is 13.8 Å². The summed E-state index contributed by atoms with van der Waals surface area (Å²) in [6.07, 6.45) is 0.826. The van der Waals surface area contributed by atoms with Crippen molar-refractivity contribution in [3.63, 3.8) is 0 Å². The summed E-state index contributed by atoms with van der Waals surface area (Å²) in [4.78, 5) is 0. The summed E-state index contributed by atoms with van der Waals surface area (Å²) in [6, 6.07) is 32.3. The normalized spacial score (nSPS) is 10.5. The molecule has 3 aromatic rings. The zero-order valence-corrected chi connectivity index (χ0v) is 19.2. The van der Waals surface area contributed by atoms with Crippen LogP contribution in [0.1, 0.15) is 28.6 Å². The Morgan fingerprint density at radius 2 is 0.923 bits per heavy atom. The van der Waals surface area contributed by atoms with Crippen LogP contribution in [0.5, 0.6) is 0 Å². The van der Waals surface area contributed by atoms with E-state index in [-0.39, 0.29) is 31.0 Å². The van der Waals surface area contributed by atoms with Gasteiger partial charge in [-0.25, -0.2) is 0 Å². The Hall–Kier alpha value is -0.950. The molecule has 0 spiro atoms. The SMILES string of the molecule is CCC(C)(C)O.[H-].[Na+].c1ccc(P(c2ccccc2)c2ccccc2)cc1. The molecule has 26 heavy (non-hydrogen) atoms. The first kappa shape index (κ1) is 23.1. The molecular weight excluding hydrogens is 346 g/mol. The van der Waals surface area contributed by atoms with Crippen LogP contribution < -0.4 is 45.5 Å². The molecule has 1 nitrogen and oxygen atoms in total. The van der Waals surface area contributed by atoms with Gasteiger partial charge in [0.2, 0.25) is 0 Å². The summed E-state index contributed by atoms with van der Waals surface area (Å²) in [5.74, 6) is 0. The van der Waals surface area contributed by atoms with Crippen LogP contribution in [-0.2, 0) is 0 Å². The van der Waals surface area contributed by atoms with Crippen LogP contribution in [0.2, 0.25) is 0 Å². The fraction of sp³-hybridized carbons (Fsp3) is 0.217. The largest absolute Gasteiger partial charge is 1.00 e. The maximum Gasteiger partial charge on any atom is 1.00 e. The molecule has 0 heterocycles. The quantitative estimate of drug-likeness (QED) is 0.545. The first-order valence-electron chi connectivity index (χ1n) is 8.69. The molecule has 0 aliphatic heterocycles. The zero-order valence-electron chi connectivity index (χ0n) is 17.3. The summed E-state index contributed by atoms with van der Waals surface area (Å²) in [5.41, 5.74) is -0.458. The summed E-state index contributed by atoms with van der Waals surface area (Å²) in [7, 11) is -0.446. The van der Waals surface area contributed by atoms with Crippen molar-refractivity contribution in [3.8, 4) is 0 Å². The van der Waals surface area contributed by atoms with Crippen molar-refractivity contribution in [2.24, 2.45) is 0 Å². The predicted octanol–water partition coefficient (Wildman–Crippen LogP) is 1.73. The molecule has 0 unspecified atom stereocenters. The Bertz CT molecular complexity index is 637. The van der Waals surface area contributed by atoms with E-state index in [9.17, 15) is 0 Å². The van der Waals surface area contributed by atoms with Crippen molar-refractivity contribution >= 4 is 23.8 Å². The van der Waals surface area contributed by atoms with Crippen LogP contribution in [0.3, 0.4) is 0 Å². The van der Waals surface area contributed by atoms with Crippen molar-refractivity contribution in [1.82, 2.24) is 0 Å². The van der Waals surface area contributed by atoms with E-state index in [1.165, 1.54) is 15.9 Å². The van der Waals surface area contributed by atoms with Gasteiger partial charge in [-0.1, -0.05) is 97.9 Å². The molecule has 0 saturated heterocycles. The van der Waals surface area contributed by atoms with Gasteiger partial charge in [0.05, 0.1) is 5.60 Å². The van der Waals surface area contributed by atoms with Gasteiger partial charge in [0.15, 0.2) is 0 Å². The van der Waals surface area contributed by atoms with E-state index in [1.807, 2.05) is 6.92 Å². The number of benzene rings is 3. The molecule has 1 N–H and O–H groups in total. The van der Waals surface area contributed by atoms with Crippen LogP contribution >= 0.6 is 7.92 Å². The molecule has 0 bridgehead atoms. The Balaban J connectivity index is 0.000000744. The number of aliphatic hydroxyl groups is 1. The number of rotatable bonds is 4. The molecule has 0 atom stereocenters.